The Morgan fingerprint density at radius 3 is 3.09 bits per heavy atom. The summed E-state index contributed by atoms with van der Waals surface area (Å²) in [5.41, 5.74) is 1.82. The Morgan fingerprint density at radius 2 is 2.36 bits per heavy atom. The molecular weight excluding hydrogens is 298 g/mol. The smallest absolute Gasteiger partial charge is 0.230 e. The van der Waals surface area contributed by atoms with Crippen LogP contribution in [-0.2, 0) is 4.79 Å². The SMILES string of the molecule is CCOc1ccc2nc(SCC(=O)N[C@H](C)C3CC3)[nH]c2c1. The van der Waals surface area contributed by atoms with Crippen molar-refractivity contribution in [2.24, 2.45) is 5.92 Å². The van der Waals surface area contributed by atoms with Crippen molar-refractivity contribution in [2.75, 3.05) is 12.4 Å². The van der Waals surface area contributed by atoms with E-state index >= 15 is 0 Å². The lowest BCUT2D eigenvalue weighted by Crippen LogP contribution is -2.35. The van der Waals surface area contributed by atoms with E-state index in [-0.39, 0.29) is 11.9 Å². The lowest BCUT2D eigenvalue weighted by atomic mass is 10.2. The number of nitrogens with one attached hydrogen (secondary N) is 2. The molecule has 1 aliphatic carbocycles. The summed E-state index contributed by atoms with van der Waals surface area (Å²) in [4.78, 5) is 19.6. The number of hydrogen-bond acceptors (Lipinski definition) is 4. The van der Waals surface area contributed by atoms with E-state index in [1.165, 1.54) is 24.6 Å². The normalized spacial score (nSPS) is 15.7. The molecule has 1 aromatic carbocycles. The number of thioether (sulfide) groups is 1. The van der Waals surface area contributed by atoms with Gasteiger partial charge in [-0.2, -0.15) is 0 Å². The van der Waals surface area contributed by atoms with E-state index < -0.39 is 0 Å². The lowest BCUT2D eigenvalue weighted by molar-refractivity contribution is -0.119. The maximum atomic E-state index is 11.9. The first kappa shape index (κ1) is 15.2. The third-order valence-electron chi connectivity index (χ3n) is 3.80. The lowest BCUT2D eigenvalue weighted by Gasteiger charge is -2.11. The molecule has 1 heterocycles. The van der Waals surface area contributed by atoms with Gasteiger partial charge in [0.05, 0.1) is 23.4 Å². The summed E-state index contributed by atoms with van der Waals surface area (Å²) in [6.45, 7) is 4.68. The van der Waals surface area contributed by atoms with Crippen molar-refractivity contribution < 1.29 is 9.53 Å². The molecule has 3 rings (SSSR count). The molecule has 1 saturated carbocycles. The van der Waals surface area contributed by atoms with Gasteiger partial charge in [0, 0.05) is 12.1 Å². The van der Waals surface area contributed by atoms with Crippen LogP contribution in [0.2, 0.25) is 0 Å². The maximum Gasteiger partial charge on any atom is 0.230 e. The van der Waals surface area contributed by atoms with Crippen molar-refractivity contribution in [3.63, 3.8) is 0 Å². The fraction of sp³-hybridized carbons (Fsp3) is 0.500. The van der Waals surface area contributed by atoms with Crippen LogP contribution in [-0.4, -0.2) is 34.3 Å². The van der Waals surface area contributed by atoms with Gasteiger partial charge in [-0.05, 0) is 44.7 Å². The van der Waals surface area contributed by atoms with Gasteiger partial charge in [0.25, 0.3) is 0 Å². The fourth-order valence-corrected chi connectivity index (χ4v) is 3.13. The Kier molecular flexibility index (Phi) is 4.57. The van der Waals surface area contributed by atoms with E-state index in [0.29, 0.717) is 18.3 Å². The molecule has 0 unspecified atom stereocenters. The standard InChI is InChI=1S/C16H21N3O2S/c1-3-21-12-6-7-13-14(8-12)19-16(18-13)22-9-15(20)17-10(2)11-4-5-11/h6-8,10-11H,3-5,9H2,1-2H3,(H,17,20)(H,18,19)/t10-/m1/s1. The number of imidazole rings is 1. The number of aromatic amines is 1. The first-order valence-corrected chi connectivity index (χ1v) is 8.69. The second-order valence-corrected chi connectivity index (χ2v) is 6.60. The molecule has 0 aliphatic heterocycles. The molecule has 1 aliphatic rings. The molecule has 0 radical (unpaired) electrons. The van der Waals surface area contributed by atoms with Crippen molar-refractivity contribution >= 4 is 28.7 Å². The van der Waals surface area contributed by atoms with Gasteiger partial charge >= 0.3 is 0 Å². The highest BCUT2D eigenvalue weighted by molar-refractivity contribution is 7.99. The van der Waals surface area contributed by atoms with Crippen LogP contribution in [0.4, 0.5) is 0 Å². The summed E-state index contributed by atoms with van der Waals surface area (Å²) < 4.78 is 5.47. The number of amides is 1. The zero-order chi connectivity index (χ0) is 15.5. The monoisotopic (exact) mass is 319 g/mol. The first-order chi connectivity index (χ1) is 10.7. The van der Waals surface area contributed by atoms with Crippen molar-refractivity contribution in [2.45, 2.75) is 37.9 Å². The second kappa shape index (κ2) is 6.60. The third-order valence-corrected chi connectivity index (χ3v) is 4.67. The van der Waals surface area contributed by atoms with Crippen LogP contribution in [0.15, 0.2) is 23.4 Å². The minimum atomic E-state index is 0.0693. The van der Waals surface area contributed by atoms with Crippen LogP contribution in [0.25, 0.3) is 11.0 Å². The summed E-state index contributed by atoms with van der Waals surface area (Å²) >= 11 is 1.43. The van der Waals surface area contributed by atoms with Gasteiger partial charge in [-0.1, -0.05) is 11.8 Å². The van der Waals surface area contributed by atoms with Gasteiger partial charge in [0.2, 0.25) is 5.91 Å². The zero-order valence-electron chi connectivity index (χ0n) is 12.9. The average Bonchev–Trinajstić information content (AvgIpc) is 3.26. The molecule has 118 valence electrons. The largest absolute Gasteiger partial charge is 0.494 e. The van der Waals surface area contributed by atoms with Gasteiger partial charge in [-0.25, -0.2) is 4.98 Å². The zero-order valence-corrected chi connectivity index (χ0v) is 13.7. The number of hydrogen-bond donors (Lipinski definition) is 2. The van der Waals surface area contributed by atoms with Crippen LogP contribution in [0.3, 0.4) is 0 Å². The molecule has 1 amide bonds. The quantitative estimate of drug-likeness (QED) is 0.770. The number of nitrogens with zero attached hydrogens (tertiary/aromatic N) is 1. The molecule has 2 aromatic rings. The van der Waals surface area contributed by atoms with Gasteiger partial charge in [-0.3, -0.25) is 4.79 Å². The summed E-state index contributed by atoms with van der Waals surface area (Å²) in [6, 6.07) is 6.06. The van der Waals surface area contributed by atoms with E-state index in [1.54, 1.807) is 0 Å². The molecule has 0 spiro atoms. The Labute approximate surface area is 134 Å². The Morgan fingerprint density at radius 1 is 1.55 bits per heavy atom. The predicted molar refractivity (Wildman–Crippen MR) is 88.3 cm³/mol. The summed E-state index contributed by atoms with van der Waals surface area (Å²) in [5, 5.41) is 3.81. The highest BCUT2D eigenvalue weighted by atomic mass is 32.2. The van der Waals surface area contributed by atoms with Crippen molar-refractivity contribution in [3.05, 3.63) is 18.2 Å². The minimum absolute atomic E-state index is 0.0693. The molecule has 1 aromatic heterocycles. The van der Waals surface area contributed by atoms with Crippen LogP contribution in [0, 0.1) is 5.92 Å². The van der Waals surface area contributed by atoms with Crippen LogP contribution >= 0.6 is 11.8 Å². The Bertz CT molecular complexity index is 666. The highest BCUT2D eigenvalue weighted by Gasteiger charge is 2.28. The molecule has 6 heteroatoms. The van der Waals surface area contributed by atoms with Gasteiger partial charge < -0.3 is 15.0 Å². The molecular formula is C16H21N3O2S. The topological polar surface area (TPSA) is 67.0 Å². The molecule has 0 bridgehead atoms. The highest BCUT2D eigenvalue weighted by Crippen LogP contribution is 2.32. The summed E-state index contributed by atoms with van der Waals surface area (Å²) in [7, 11) is 0. The predicted octanol–water partition coefficient (Wildman–Crippen LogP) is 2.97. The average molecular weight is 319 g/mol. The molecule has 1 atom stereocenters. The Balaban J connectivity index is 1.57. The molecule has 0 saturated heterocycles. The number of fused-ring (bicyclic) bond motifs is 1. The van der Waals surface area contributed by atoms with Gasteiger partial charge in [-0.15, -0.1) is 0 Å². The molecule has 2 N–H and O–H groups in total. The first-order valence-electron chi connectivity index (χ1n) is 7.70. The van der Waals surface area contributed by atoms with E-state index in [1.807, 2.05) is 25.1 Å². The van der Waals surface area contributed by atoms with E-state index in [2.05, 4.69) is 22.2 Å². The van der Waals surface area contributed by atoms with E-state index in [4.69, 9.17) is 4.74 Å². The van der Waals surface area contributed by atoms with Gasteiger partial charge in [0.15, 0.2) is 5.16 Å². The minimum Gasteiger partial charge on any atom is -0.494 e. The molecule has 1 fully saturated rings. The van der Waals surface area contributed by atoms with Crippen LogP contribution < -0.4 is 10.1 Å². The van der Waals surface area contributed by atoms with Crippen molar-refractivity contribution in [1.82, 2.24) is 15.3 Å². The van der Waals surface area contributed by atoms with Crippen molar-refractivity contribution in [3.8, 4) is 5.75 Å². The van der Waals surface area contributed by atoms with E-state index in [0.717, 1.165) is 21.9 Å². The number of benzene rings is 1. The fourth-order valence-electron chi connectivity index (χ4n) is 2.43. The number of aromatic nitrogens is 2. The van der Waals surface area contributed by atoms with Gasteiger partial charge in [0.1, 0.15) is 5.75 Å². The Hall–Kier alpha value is -1.69. The molecule has 22 heavy (non-hydrogen) atoms. The number of carbonyl (C=O) groups is 1. The summed E-state index contributed by atoms with van der Waals surface area (Å²) in [5.74, 6) is 1.96. The van der Waals surface area contributed by atoms with Crippen molar-refractivity contribution in [1.29, 1.82) is 0 Å². The number of rotatable bonds is 7. The molecule has 5 nitrogen and oxygen atoms in total. The number of ether oxygens (including phenoxy) is 1. The number of H-pyrrole nitrogens is 1. The maximum absolute atomic E-state index is 11.9. The summed E-state index contributed by atoms with van der Waals surface area (Å²) in [6.07, 6.45) is 2.47. The second-order valence-electron chi connectivity index (χ2n) is 5.64. The number of carbonyl (C=O) groups excluding carboxylic acids is 1. The van der Waals surface area contributed by atoms with Crippen LogP contribution in [0.1, 0.15) is 26.7 Å². The third kappa shape index (κ3) is 3.74. The van der Waals surface area contributed by atoms with Crippen LogP contribution in [0.5, 0.6) is 5.75 Å². The van der Waals surface area contributed by atoms with E-state index in [9.17, 15) is 4.79 Å².